The zero-order valence-electron chi connectivity index (χ0n) is 16.2. The van der Waals surface area contributed by atoms with Crippen LogP contribution in [0.3, 0.4) is 0 Å². The summed E-state index contributed by atoms with van der Waals surface area (Å²) in [7, 11) is 0. The Balaban J connectivity index is 2.00. The van der Waals surface area contributed by atoms with E-state index in [1.807, 2.05) is 0 Å². The van der Waals surface area contributed by atoms with Gasteiger partial charge in [-0.3, -0.25) is 29.6 Å². The van der Waals surface area contributed by atoms with Crippen LogP contribution in [-0.2, 0) is 9.59 Å². The summed E-state index contributed by atoms with van der Waals surface area (Å²) in [5, 5.41) is 32.0. The molecule has 32 heavy (non-hydrogen) atoms. The Hall–Kier alpha value is -4.60. The number of Topliss-reactive ketones (excluding diaryl/α,β-unsaturated/α-hetero) is 1. The Bertz CT molecular complexity index is 1290. The number of carbonyl (C=O) groups excluding carboxylic acids is 2. The molecule has 10 heteroatoms. The van der Waals surface area contributed by atoms with Gasteiger partial charge < -0.3 is 10.2 Å². The maximum absolute atomic E-state index is 13.9. The topological polar surface area (TPSA) is 134 Å². The first-order chi connectivity index (χ1) is 15.3. The van der Waals surface area contributed by atoms with Crippen molar-refractivity contribution in [1.82, 2.24) is 4.98 Å². The third kappa shape index (κ3) is 3.43. The Morgan fingerprint density at radius 1 is 1.09 bits per heavy atom. The normalized spacial score (nSPS) is 17.5. The van der Waals surface area contributed by atoms with Gasteiger partial charge >= 0.3 is 5.69 Å². The molecular weight excluding hydrogens is 421 g/mol. The van der Waals surface area contributed by atoms with Crippen molar-refractivity contribution < 1.29 is 29.1 Å². The number of amides is 1. The van der Waals surface area contributed by atoms with Crippen LogP contribution in [0.1, 0.15) is 17.2 Å². The first kappa shape index (κ1) is 20.7. The molecule has 1 aliphatic heterocycles. The van der Waals surface area contributed by atoms with E-state index < -0.39 is 45.7 Å². The van der Waals surface area contributed by atoms with E-state index >= 15 is 0 Å². The van der Waals surface area contributed by atoms with Crippen molar-refractivity contribution >= 4 is 28.8 Å². The molecule has 0 radical (unpaired) electrons. The van der Waals surface area contributed by atoms with Crippen molar-refractivity contribution in [3.05, 3.63) is 99.6 Å². The van der Waals surface area contributed by atoms with Crippen molar-refractivity contribution in [1.29, 1.82) is 0 Å². The van der Waals surface area contributed by atoms with Gasteiger partial charge in [0.2, 0.25) is 0 Å². The molecule has 2 N–H and O–H groups in total. The average Bonchev–Trinajstić information content (AvgIpc) is 3.04. The number of aromatic nitrogens is 1. The highest BCUT2D eigenvalue weighted by molar-refractivity contribution is 6.51. The summed E-state index contributed by atoms with van der Waals surface area (Å²) in [4.78, 5) is 41.2. The second kappa shape index (κ2) is 7.91. The number of anilines is 1. The third-order valence-electron chi connectivity index (χ3n) is 5.00. The molecule has 4 rings (SSSR count). The number of hydrogen-bond acceptors (Lipinski definition) is 7. The van der Waals surface area contributed by atoms with Crippen LogP contribution in [0.5, 0.6) is 5.75 Å². The molecular formula is C22H14FN3O6. The van der Waals surface area contributed by atoms with Gasteiger partial charge in [-0.15, -0.1) is 0 Å². The number of pyridine rings is 1. The number of phenolic OH excluding ortho intramolecular Hbond substituents is 1. The SMILES string of the molecule is O=C1C(=O)N(c2cccc(F)c2)C(c2ccc(O)c([N+](=O)[O-])c2)/C1=C(/O)c1ccncc1. The zero-order valence-corrected chi connectivity index (χ0v) is 16.2. The van der Waals surface area contributed by atoms with Crippen LogP contribution in [0.4, 0.5) is 15.8 Å². The van der Waals surface area contributed by atoms with E-state index in [9.17, 15) is 34.3 Å². The number of rotatable bonds is 4. The van der Waals surface area contributed by atoms with E-state index in [1.54, 1.807) is 0 Å². The summed E-state index contributed by atoms with van der Waals surface area (Å²) in [6.45, 7) is 0. The number of nitro groups is 1. The zero-order chi connectivity index (χ0) is 23.0. The molecule has 1 aromatic heterocycles. The number of aliphatic hydroxyl groups is 1. The quantitative estimate of drug-likeness (QED) is 0.211. The standard InChI is InChI=1S/C22H14FN3O6/c23-14-2-1-3-15(11-14)25-19(13-4-5-17(27)16(10-13)26(31)32)18(21(29)22(25)30)20(28)12-6-8-24-9-7-12/h1-11,19,27-28H/b20-18-. The van der Waals surface area contributed by atoms with Crippen molar-refractivity contribution in [2.45, 2.75) is 6.04 Å². The lowest BCUT2D eigenvalue weighted by molar-refractivity contribution is -0.385. The van der Waals surface area contributed by atoms with Crippen LogP contribution in [0.15, 0.2) is 72.6 Å². The molecule has 1 atom stereocenters. The van der Waals surface area contributed by atoms with E-state index in [1.165, 1.54) is 42.7 Å². The van der Waals surface area contributed by atoms with Crippen LogP contribution in [0.2, 0.25) is 0 Å². The van der Waals surface area contributed by atoms with E-state index in [-0.39, 0.29) is 22.4 Å². The highest BCUT2D eigenvalue weighted by Gasteiger charge is 2.47. The Morgan fingerprint density at radius 2 is 1.81 bits per heavy atom. The fraction of sp³-hybridized carbons (Fsp3) is 0.0455. The molecule has 1 saturated heterocycles. The molecule has 0 bridgehead atoms. The lowest BCUT2D eigenvalue weighted by atomic mass is 9.95. The first-order valence-corrected chi connectivity index (χ1v) is 9.24. The van der Waals surface area contributed by atoms with Gasteiger partial charge in [0.25, 0.3) is 11.7 Å². The average molecular weight is 435 g/mol. The summed E-state index contributed by atoms with van der Waals surface area (Å²) in [5.74, 6) is -3.91. The van der Waals surface area contributed by atoms with Crippen molar-refractivity contribution in [3.63, 3.8) is 0 Å². The molecule has 2 aromatic carbocycles. The third-order valence-corrected chi connectivity index (χ3v) is 5.00. The predicted molar refractivity (Wildman–Crippen MR) is 110 cm³/mol. The maximum Gasteiger partial charge on any atom is 0.311 e. The van der Waals surface area contributed by atoms with Gasteiger partial charge in [0.15, 0.2) is 5.75 Å². The number of benzene rings is 2. The smallest absolute Gasteiger partial charge is 0.311 e. The molecule has 2 heterocycles. The van der Waals surface area contributed by atoms with E-state index in [0.29, 0.717) is 0 Å². The fourth-order valence-corrected chi connectivity index (χ4v) is 3.56. The van der Waals surface area contributed by atoms with E-state index in [0.717, 1.165) is 29.2 Å². The van der Waals surface area contributed by atoms with Crippen LogP contribution in [0, 0.1) is 15.9 Å². The monoisotopic (exact) mass is 435 g/mol. The minimum Gasteiger partial charge on any atom is -0.507 e. The predicted octanol–water partition coefficient (Wildman–Crippen LogP) is 3.46. The number of hydrogen-bond donors (Lipinski definition) is 2. The summed E-state index contributed by atoms with van der Waals surface area (Å²) < 4.78 is 13.9. The fourth-order valence-electron chi connectivity index (χ4n) is 3.56. The molecule has 9 nitrogen and oxygen atoms in total. The van der Waals surface area contributed by atoms with Gasteiger partial charge in [0, 0.05) is 29.7 Å². The lowest BCUT2D eigenvalue weighted by Crippen LogP contribution is -2.29. The number of carbonyl (C=O) groups is 2. The second-order valence-corrected chi connectivity index (χ2v) is 6.89. The van der Waals surface area contributed by atoms with Gasteiger partial charge in [0.1, 0.15) is 11.6 Å². The number of phenols is 1. The summed E-state index contributed by atoms with van der Waals surface area (Å²) >= 11 is 0. The van der Waals surface area contributed by atoms with Crippen LogP contribution in [-0.4, -0.2) is 31.8 Å². The minimum absolute atomic E-state index is 0.0154. The van der Waals surface area contributed by atoms with Gasteiger partial charge in [-0.25, -0.2) is 4.39 Å². The number of aliphatic hydroxyl groups excluding tert-OH is 1. The van der Waals surface area contributed by atoms with Crippen molar-refractivity contribution in [2.75, 3.05) is 4.90 Å². The van der Waals surface area contributed by atoms with E-state index in [4.69, 9.17) is 0 Å². The van der Waals surface area contributed by atoms with Gasteiger partial charge in [-0.1, -0.05) is 12.1 Å². The molecule has 160 valence electrons. The molecule has 1 amide bonds. The number of ketones is 1. The Morgan fingerprint density at radius 3 is 2.47 bits per heavy atom. The molecule has 3 aromatic rings. The van der Waals surface area contributed by atoms with Gasteiger partial charge in [0.05, 0.1) is 16.5 Å². The lowest BCUT2D eigenvalue weighted by Gasteiger charge is -2.25. The Labute approximate surface area is 179 Å². The minimum atomic E-state index is -1.32. The van der Waals surface area contributed by atoms with E-state index in [2.05, 4.69) is 4.98 Å². The molecule has 1 aliphatic rings. The molecule has 0 aliphatic carbocycles. The van der Waals surface area contributed by atoms with Crippen LogP contribution >= 0.6 is 0 Å². The van der Waals surface area contributed by atoms with Crippen LogP contribution in [0.25, 0.3) is 5.76 Å². The van der Waals surface area contributed by atoms with Crippen molar-refractivity contribution in [2.24, 2.45) is 0 Å². The second-order valence-electron chi connectivity index (χ2n) is 6.89. The number of nitro benzene ring substituents is 1. The molecule has 0 saturated carbocycles. The number of halogens is 1. The molecule has 1 fully saturated rings. The largest absolute Gasteiger partial charge is 0.507 e. The maximum atomic E-state index is 13.9. The van der Waals surface area contributed by atoms with Gasteiger partial charge in [-0.05, 0) is 42.0 Å². The van der Waals surface area contributed by atoms with Crippen molar-refractivity contribution in [3.8, 4) is 5.75 Å². The highest BCUT2D eigenvalue weighted by atomic mass is 19.1. The number of aromatic hydroxyl groups is 1. The van der Waals surface area contributed by atoms with Crippen LogP contribution < -0.4 is 4.90 Å². The molecule has 0 spiro atoms. The Kier molecular flexibility index (Phi) is 5.11. The summed E-state index contributed by atoms with van der Waals surface area (Å²) in [6.07, 6.45) is 2.75. The summed E-state index contributed by atoms with van der Waals surface area (Å²) in [5.41, 5.74) is -0.729. The first-order valence-electron chi connectivity index (χ1n) is 9.24. The summed E-state index contributed by atoms with van der Waals surface area (Å²) in [6, 6.07) is 9.75. The highest BCUT2D eigenvalue weighted by Crippen LogP contribution is 2.43. The number of nitrogens with zero attached hydrogens (tertiary/aromatic N) is 3. The van der Waals surface area contributed by atoms with Gasteiger partial charge in [-0.2, -0.15) is 0 Å². The molecule has 1 unspecified atom stereocenters.